The third kappa shape index (κ3) is 3.63. The first-order valence-electron chi connectivity index (χ1n) is 5.25. The van der Waals surface area contributed by atoms with Crippen molar-refractivity contribution >= 4 is 11.6 Å². The molecule has 0 radical (unpaired) electrons. The molecule has 0 aliphatic rings. The van der Waals surface area contributed by atoms with Gasteiger partial charge >= 0.3 is 0 Å². The van der Waals surface area contributed by atoms with Crippen LogP contribution in [0.2, 0.25) is 0 Å². The molecule has 1 atom stereocenters. The molecule has 5 N–H and O–H groups in total. The number of aromatic nitrogens is 2. The molecule has 0 saturated carbocycles. The molecular weight excluding hydrogens is 206 g/mol. The summed E-state index contributed by atoms with van der Waals surface area (Å²) in [5.41, 5.74) is 1.72. The van der Waals surface area contributed by atoms with E-state index in [9.17, 15) is 5.11 Å². The van der Waals surface area contributed by atoms with Gasteiger partial charge in [0.25, 0.3) is 0 Å². The molecule has 1 unspecified atom stereocenters. The first-order valence-corrected chi connectivity index (χ1v) is 5.25. The highest BCUT2D eigenvalue weighted by Gasteiger charge is 2.17. The fourth-order valence-electron chi connectivity index (χ4n) is 1.14. The third-order valence-corrected chi connectivity index (χ3v) is 2.40. The summed E-state index contributed by atoms with van der Waals surface area (Å²) in [7, 11) is 0. The highest BCUT2D eigenvalue weighted by atomic mass is 16.3. The maximum atomic E-state index is 9.83. The summed E-state index contributed by atoms with van der Waals surface area (Å²) < 4.78 is 0. The van der Waals surface area contributed by atoms with Crippen LogP contribution in [0.15, 0.2) is 6.07 Å². The van der Waals surface area contributed by atoms with E-state index in [-0.39, 0.29) is 0 Å². The van der Waals surface area contributed by atoms with Crippen LogP contribution in [0.3, 0.4) is 0 Å². The highest BCUT2D eigenvalue weighted by molar-refractivity contribution is 5.46. The Morgan fingerprint density at radius 1 is 1.44 bits per heavy atom. The summed E-state index contributed by atoms with van der Waals surface area (Å²) in [5.74, 6) is 7.09. The SMILES string of the molecule is CCC(C)(O)CNc1cc(NN)nc(C)n1. The number of nitrogens with one attached hydrogen (secondary N) is 2. The summed E-state index contributed by atoms with van der Waals surface area (Å²) in [5, 5.41) is 12.9. The minimum Gasteiger partial charge on any atom is -0.388 e. The number of anilines is 2. The van der Waals surface area contributed by atoms with Crippen molar-refractivity contribution in [2.75, 3.05) is 17.3 Å². The van der Waals surface area contributed by atoms with Crippen LogP contribution in [0.25, 0.3) is 0 Å². The first kappa shape index (κ1) is 12.7. The number of aliphatic hydroxyl groups is 1. The molecule has 0 aliphatic heterocycles. The van der Waals surface area contributed by atoms with Gasteiger partial charge in [0.05, 0.1) is 5.60 Å². The number of hydrogen-bond donors (Lipinski definition) is 4. The van der Waals surface area contributed by atoms with Crippen LogP contribution in [0, 0.1) is 6.92 Å². The van der Waals surface area contributed by atoms with Gasteiger partial charge in [0.15, 0.2) is 0 Å². The van der Waals surface area contributed by atoms with Crippen molar-refractivity contribution in [2.24, 2.45) is 5.84 Å². The zero-order valence-corrected chi connectivity index (χ0v) is 9.91. The number of aryl methyl sites for hydroxylation is 1. The molecule has 0 fully saturated rings. The van der Waals surface area contributed by atoms with Gasteiger partial charge in [-0.15, -0.1) is 0 Å². The molecule has 0 amide bonds. The largest absolute Gasteiger partial charge is 0.388 e. The van der Waals surface area contributed by atoms with E-state index in [0.717, 1.165) is 0 Å². The molecule has 1 aromatic rings. The quantitative estimate of drug-likeness (QED) is 0.434. The standard InChI is InChI=1S/C10H19N5O/c1-4-10(3,16)6-12-8-5-9(15-11)14-7(2)13-8/h5,16H,4,6,11H2,1-3H3,(H2,12,13,14,15). The predicted octanol–water partition coefficient (Wildman–Crippen LogP) is 0.644. The van der Waals surface area contributed by atoms with Crippen LogP contribution in [0.5, 0.6) is 0 Å². The van der Waals surface area contributed by atoms with Gasteiger partial charge in [-0.1, -0.05) is 6.92 Å². The lowest BCUT2D eigenvalue weighted by Gasteiger charge is -2.22. The number of nitrogen functional groups attached to an aromatic ring is 1. The van der Waals surface area contributed by atoms with E-state index in [0.29, 0.717) is 30.4 Å². The average molecular weight is 225 g/mol. The Kier molecular flexibility index (Phi) is 4.03. The van der Waals surface area contributed by atoms with Gasteiger partial charge in [0.2, 0.25) is 0 Å². The van der Waals surface area contributed by atoms with Crippen LogP contribution in [0.1, 0.15) is 26.1 Å². The lowest BCUT2D eigenvalue weighted by Crippen LogP contribution is -2.32. The van der Waals surface area contributed by atoms with Gasteiger partial charge in [-0.25, -0.2) is 15.8 Å². The van der Waals surface area contributed by atoms with Crippen molar-refractivity contribution < 1.29 is 5.11 Å². The van der Waals surface area contributed by atoms with E-state index in [1.165, 1.54) is 0 Å². The van der Waals surface area contributed by atoms with Gasteiger partial charge in [0, 0.05) is 12.6 Å². The Labute approximate surface area is 95.3 Å². The second kappa shape index (κ2) is 5.09. The van der Waals surface area contributed by atoms with Crippen LogP contribution in [0.4, 0.5) is 11.6 Å². The number of nitrogens with two attached hydrogens (primary N) is 1. The molecule has 6 nitrogen and oxygen atoms in total. The lowest BCUT2D eigenvalue weighted by atomic mass is 10.0. The predicted molar refractivity (Wildman–Crippen MR) is 64.0 cm³/mol. The van der Waals surface area contributed by atoms with E-state index < -0.39 is 5.60 Å². The third-order valence-electron chi connectivity index (χ3n) is 2.40. The first-order chi connectivity index (χ1) is 7.46. The number of hydrogen-bond acceptors (Lipinski definition) is 6. The van der Waals surface area contributed by atoms with Gasteiger partial charge in [0.1, 0.15) is 17.5 Å². The van der Waals surface area contributed by atoms with Crippen LogP contribution < -0.4 is 16.6 Å². The topological polar surface area (TPSA) is 96.1 Å². The Bertz CT molecular complexity index is 353. The summed E-state index contributed by atoms with van der Waals surface area (Å²) >= 11 is 0. The van der Waals surface area contributed by atoms with E-state index in [1.807, 2.05) is 6.92 Å². The van der Waals surface area contributed by atoms with E-state index in [1.54, 1.807) is 19.9 Å². The Morgan fingerprint density at radius 2 is 2.06 bits per heavy atom. The normalized spacial score (nSPS) is 14.3. The lowest BCUT2D eigenvalue weighted by molar-refractivity contribution is 0.0696. The monoisotopic (exact) mass is 225 g/mol. The highest BCUT2D eigenvalue weighted by Crippen LogP contribution is 2.13. The van der Waals surface area contributed by atoms with Crippen LogP contribution >= 0.6 is 0 Å². The van der Waals surface area contributed by atoms with Crippen molar-refractivity contribution in [3.05, 3.63) is 11.9 Å². The van der Waals surface area contributed by atoms with Crippen molar-refractivity contribution in [1.82, 2.24) is 9.97 Å². The van der Waals surface area contributed by atoms with Crippen molar-refractivity contribution in [3.8, 4) is 0 Å². The van der Waals surface area contributed by atoms with Gasteiger partial charge in [-0.05, 0) is 20.3 Å². The average Bonchev–Trinajstić information content (AvgIpc) is 2.26. The molecule has 0 aliphatic carbocycles. The molecule has 0 bridgehead atoms. The minimum absolute atomic E-state index is 0.434. The van der Waals surface area contributed by atoms with Crippen molar-refractivity contribution in [2.45, 2.75) is 32.8 Å². The molecule has 0 saturated heterocycles. The minimum atomic E-state index is -0.741. The zero-order valence-electron chi connectivity index (χ0n) is 9.91. The maximum absolute atomic E-state index is 9.83. The molecule has 0 aromatic carbocycles. The van der Waals surface area contributed by atoms with E-state index in [4.69, 9.17) is 5.84 Å². The van der Waals surface area contributed by atoms with Gasteiger partial charge in [-0.2, -0.15) is 0 Å². The maximum Gasteiger partial charge on any atom is 0.145 e. The van der Waals surface area contributed by atoms with Gasteiger partial charge < -0.3 is 15.8 Å². The zero-order chi connectivity index (χ0) is 12.2. The van der Waals surface area contributed by atoms with Crippen LogP contribution in [-0.2, 0) is 0 Å². The molecular formula is C10H19N5O. The second-order valence-electron chi connectivity index (χ2n) is 4.03. The van der Waals surface area contributed by atoms with Crippen molar-refractivity contribution in [1.29, 1.82) is 0 Å². The van der Waals surface area contributed by atoms with Crippen molar-refractivity contribution in [3.63, 3.8) is 0 Å². The molecule has 0 spiro atoms. The second-order valence-corrected chi connectivity index (χ2v) is 4.03. The number of nitrogens with zero attached hydrogens (tertiary/aromatic N) is 2. The number of rotatable bonds is 5. The molecule has 16 heavy (non-hydrogen) atoms. The summed E-state index contributed by atoms with van der Waals surface area (Å²) in [6.07, 6.45) is 0.673. The number of hydrazine groups is 1. The molecule has 1 aromatic heterocycles. The molecule has 1 heterocycles. The Hall–Kier alpha value is -1.40. The fourth-order valence-corrected chi connectivity index (χ4v) is 1.14. The Morgan fingerprint density at radius 3 is 2.62 bits per heavy atom. The molecule has 1 rings (SSSR count). The molecule has 6 heteroatoms. The summed E-state index contributed by atoms with van der Waals surface area (Å²) in [6, 6.07) is 1.69. The van der Waals surface area contributed by atoms with Gasteiger partial charge in [-0.3, -0.25) is 0 Å². The van der Waals surface area contributed by atoms with E-state index in [2.05, 4.69) is 20.7 Å². The summed E-state index contributed by atoms with van der Waals surface area (Å²) in [4.78, 5) is 8.26. The Balaban J connectivity index is 2.70. The smallest absolute Gasteiger partial charge is 0.145 e. The molecule has 90 valence electrons. The summed E-state index contributed by atoms with van der Waals surface area (Å²) in [6.45, 7) is 5.92. The van der Waals surface area contributed by atoms with Crippen LogP contribution in [-0.4, -0.2) is 27.2 Å². The van der Waals surface area contributed by atoms with E-state index >= 15 is 0 Å². The fraction of sp³-hybridized carbons (Fsp3) is 0.600.